The summed E-state index contributed by atoms with van der Waals surface area (Å²) in [6.45, 7) is 2.21. The molecular formula is C14H20OS. The fraction of sp³-hybridized carbons (Fsp3) is 0.571. The van der Waals surface area contributed by atoms with E-state index in [0.717, 1.165) is 31.4 Å². The zero-order valence-corrected chi connectivity index (χ0v) is 10.7. The minimum absolute atomic E-state index is 0.390. The summed E-state index contributed by atoms with van der Waals surface area (Å²) in [6, 6.07) is 10.5. The van der Waals surface area contributed by atoms with Crippen molar-refractivity contribution in [2.24, 2.45) is 0 Å². The number of thioether (sulfide) groups is 1. The van der Waals surface area contributed by atoms with Gasteiger partial charge >= 0.3 is 0 Å². The van der Waals surface area contributed by atoms with Gasteiger partial charge in [0.15, 0.2) is 0 Å². The number of hydrogen-bond donors (Lipinski definition) is 1. The van der Waals surface area contributed by atoms with Gasteiger partial charge in [-0.15, -0.1) is 0 Å². The Bertz CT molecular complexity index is 325. The summed E-state index contributed by atoms with van der Waals surface area (Å²) in [5.41, 5.74) is 0.989. The second-order valence-corrected chi connectivity index (χ2v) is 6.32. The molecule has 0 spiro atoms. The normalized spacial score (nSPS) is 29.5. The average Bonchev–Trinajstić information content (AvgIpc) is 2.60. The van der Waals surface area contributed by atoms with E-state index >= 15 is 0 Å². The lowest BCUT2D eigenvalue weighted by Gasteiger charge is -2.21. The highest BCUT2D eigenvalue weighted by Gasteiger charge is 2.35. The molecule has 88 valence electrons. The minimum Gasteiger partial charge on any atom is -0.389 e. The van der Waals surface area contributed by atoms with Crippen LogP contribution < -0.4 is 0 Å². The molecule has 1 heterocycles. The molecule has 1 aromatic rings. The molecule has 0 amide bonds. The van der Waals surface area contributed by atoms with Gasteiger partial charge in [0.25, 0.3) is 0 Å². The van der Waals surface area contributed by atoms with Crippen molar-refractivity contribution in [1.29, 1.82) is 0 Å². The molecule has 1 saturated heterocycles. The van der Waals surface area contributed by atoms with Crippen molar-refractivity contribution in [3.8, 4) is 0 Å². The van der Waals surface area contributed by atoms with Crippen molar-refractivity contribution in [2.45, 2.75) is 43.5 Å². The smallest absolute Gasteiger partial charge is 0.0748 e. The summed E-state index contributed by atoms with van der Waals surface area (Å²) < 4.78 is 0. The van der Waals surface area contributed by atoms with E-state index in [1.807, 2.05) is 17.8 Å². The van der Waals surface area contributed by atoms with Gasteiger partial charge in [0.1, 0.15) is 0 Å². The summed E-state index contributed by atoms with van der Waals surface area (Å²) in [7, 11) is 0. The van der Waals surface area contributed by atoms with Gasteiger partial charge in [-0.2, -0.15) is 11.8 Å². The van der Waals surface area contributed by atoms with Crippen molar-refractivity contribution >= 4 is 11.8 Å². The molecule has 0 aliphatic carbocycles. The van der Waals surface area contributed by atoms with Crippen LogP contribution in [0.1, 0.15) is 31.7 Å². The van der Waals surface area contributed by atoms with E-state index in [0.29, 0.717) is 5.25 Å². The van der Waals surface area contributed by atoms with Gasteiger partial charge in [-0.05, 0) is 31.2 Å². The maximum Gasteiger partial charge on any atom is 0.0748 e. The van der Waals surface area contributed by atoms with Crippen LogP contribution in [0, 0.1) is 0 Å². The van der Waals surface area contributed by atoms with Crippen LogP contribution in [0.15, 0.2) is 30.3 Å². The maximum atomic E-state index is 10.3. The Morgan fingerprint density at radius 3 is 2.75 bits per heavy atom. The van der Waals surface area contributed by atoms with Crippen LogP contribution in [0.5, 0.6) is 0 Å². The van der Waals surface area contributed by atoms with Gasteiger partial charge in [-0.25, -0.2) is 0 Å². The first-order valence-electron chi connectivity index (χ1n) is 6.06. The van der Waals surface area contributed by atoms with Crippen LogP contribution in [-0.2, 0) is 6.42 Å². The van der Waals surface area contributed by atoms with Crippen LogP contribution in [-0.4, -0.2) is 21.7 Å². The molecular weight excluding hydrogens is 216 g/mol. The fourth-order valence-corrected chi connectivity index (χ4v) is 3.68. The standard InChI is InChI=1S/C14H20OS/c1-12-10-14(15,11-16-12)9-5-8-13-6-3-2-4-7-13/h2-4,6-7,12,15H,5,8-11H2,1H3. The number of aryl methyl sites for hydroxylation is 1. The second kappa shape index (κ2) is 5.24. The van der Waals surface area contributed by atoms with E-state index in [-0.39, 0.29) is 0 Å². The van der Waals surface area contributed by atoms with Gasteiger partial charge < -0.3 is 5.11 Å². The number of hydrogen-bond acceptors (Lipinski definition) is 2. The summed E-state index contributed by atoms with van der Waals surface area (Å²) >= 11 is 1.90. The number of rotatable bonds is 4. The first-order chi connectivity index (χ1) is 7.68. The van der Waals surface area contributed by atoms with Gasteiger partial charge in [-0.1, -0.05) is 37.3 Å². The highest BCUT2D eigenvalue weighted by molar-refractivity contribution is 8.00. The Morgan fingerprint density at radius 2 is 2.12 bits per heavy atom. The third kappa shape index (κ3) is 3.26. The summed E-state index contributed by atoms with van der Waals surface area (Å²) in [6.07, 6.45) is 4.09. The molecule has 1 aromatic carbocycles. The summed E-state index contributed by atoms with van der Waals surface area (Å²) in [5.74, 6) is 0.920. The molecule has 0 bridgehead atoms. The number of benzene rings is 1. The molecule has 1 fully saturated rings. The molecule has 2 unspecified atom stereocenters. The van der Waals surface area contributed by atoms with Crippen LogP contribution in [0.3, 0.4) is 0 Å². The van der Waals surface area contributed by atoms with E-state index in [1.54, 1.807) is 0 Å². The Kier molecular flexibility index (Phi) is 3.93. The van der Waals surface area contributed by atoms with Crippen molar-refractivity contribution < 1.29 is 5.11 Å². The minimum atomic E-state index is -0.390. The molecule has 1 N–H and O–H groups in total. The molecule has 1 aliphatic heterocycles. The van der Waals surface area contributed by atoms with Crippen molar-refractivity contribution in [2.75, 3.05) is 5.75 Å². The molecule has 2 heteroatoms. The largest absolute Gasteiger partial charge is 0.389 e. The third-order valence-electron chi connectivity index (χ3n) is 3.25. The monoisotopic (exact) mass is 236 g/mol. The molecule has 16 heavy (non-hydrogen) atoms. The van der Waals surface area contributed by atoms with Gasteiger partial charge in [0.2, 0.25) is 0 Å². The lowest BCUT2D eigenvalue weighted by atomic mass is 9.93. The van der Waals surface area contributed by atoms with Crippen LogP contribution in [0.2, 0.25) is 0 Å². The van der Waals surface area contributed by atoms with Crippen molar-refractivity contribution in [3.63, 3.8) is 0 Å². The van der Waals surface area contributed by atoms with Gasteiger partial charge in [-0.3, -0.25) is 0 Å². The lowest BCUT2D eigenvalue weighted by Crippen LogP contribution is -2.28. The predicted octanol–water partition coefficient (Wildman–Crippen LogP) is 3.27. The first-order valence-corrected chi connectivity index (χ1v) is 7.11. The van der Waals surface area contributed by atoms with Crippen molar-refractivity contribution in [1.82, 2.24) is 0 Å². The summed E-state index contributed by atoms with van der Waals surface area (Å²) in [5, 5.41) is 10.9. The zero-order valence-electron chi connectivity index (χ0n) is 9.86. The fourth-order valence-electron chi connectivity index (χ4n) is 2.39. The number of aliphatic hydroxyl groups is 1. The third-order valence-corrected chi connectivity index (χ3v) is 4.69. The zero-order chi connectivity index (χ0) is 11.4. The van der Waals surface area contributed by atoms with E-state index in [2.05, 4.69) is 31.2 Å². The quantitative estimate of drug-likeness (QED) is 0.866. The Hall–Kier alpha value is -0.470. The highest BCUT2D eigenvalue weighted by atomic mass is 32.2. The molecule has 1 aliphatic rings. The Morgan fingerprint density at radius 1 is 1.38 bits per heavy atom. The van der Waals surface area contributed by atoms with Crippen molar-refractivity contribution in [3.05, 3.63) is 35.9 Å². The van der Waals surface area contributed by atoms with Gasteiger partial charge in [0.05, 0.1) is 5.60 Å². The molecule has 1 nitrogen and oxygen atoms in total. The first kappa shape index (κ1) is 12.0. The van der Waals surface area contributed by atoms with Crippen LogP contribution in [0.25, 0.3) is 0 Å². The summed E-state index contributed by atoms with van der Waals surface area (Å²) in [4.78, 5) is 0. The van der Waals surface area contributed by atoms with E-state index in [9.17, 15) is 5.11 Å². The second-order valence-electron chi connectivity index (χ2n) is 4.89. The maximum absolute atomic E-state index is 10.3. The highest BCUT2D eigenvalue weighted by Crippen LogP contribution is 2.37. The SMILES string of the molecule is CC1CC(O)(CCCc2ccccc2)CS1. The van der Waals surface area contributed by atoms with E-state index < -0.39 is 5.60 Å². The molecule has 0 radical (unpaired) electrons. The molecule has 2 rings (SSSR count). The lowest BCUT2D eigenvalue weighted by molar-refractivity contribution is 0.0527. The predicted molar refractivity (Wildman–Crippen MR) is 70.9 cm³/mol. The van der Waals surface area contributed by atoms with Gasteiger partial charge in [0, 0.05) is 11.0 Å². The van der Waals surface area contributed by atoms with Crippen LogP contribution in [0.4, 0.5) is 0 Å². The van der Waals surface area contributed by atoms with Crippen LogP contribution >= 0.6 is 11.8 Å². The van der Waals surface area contributed by atoms with E-state index in [1.165, 1.54) is 5.56 Å². The average molecular weight is 236 g/mol. The topological polar surface area (TPSA) is 20.2 Å². The van der Waals surface area contributed by atoms with E-state index in [4.69, 9.17) is 0 Å². The Balaban J connectivity index is 1.76. The molecule has 2 atom stereocenters. The Labute approximate surface area is 102 Å². The molecule has 0 aromatic heterocycles. The molecule has 0 saturated carbocycles.